The number of fused-ring (bicyclic) bond motifs is 3. The molecule has 166 valence electrons. The van der Waals surface area contributed by atoms with Crippen LogP contribution in [0.1, 0.15) is 16.1 Å². The van der Waals surface area contributed by atoms with Gasteiger partial charge in [-0.3, -0.25) is 9.59 Å². The first kappa shape index (κ1) is 21.1. The number of rotatable bonds is 5. The summed E-state index contributed by atoms with van der Waals surface area (Å²) in [7, 11) is 0. The number of carbonyl (C=O) groups is 2. The maximum atomic E-state index is 13.5. The number of carbonyl (C=O) groups excluding carboxylic acids is 2. The molecule has 0 spiro atoms. The van der Waals surface area contributed by atoms with Crippen LogP contribution in [0.2, 0.25) is 0 Å². The van der Waals surface area contributed by atoms with Crippen LogP contribution in [-0.4, -0.2) is 21.5 Å². The van der Waals surface area contributed by atoms with E-state index in [1.54, 1.807) is 10.8 Å². The van der Waals surface area contributed by atoms with Crippen molar-refractivity contribution in [1.82, 2.24) is 9.78 Å². The van der Waals surface area contributed by atoms with E-state index >= 15 is 0 Å². The van der Waals surface area contributed by atoms with Gasteiger partial charge in [-0.2, -0.15) is 10.4 Å². The smallest absolute Gasteiger partial charge is 0.249 e. The molecular formula is C26H17FN4O3. The molecule has 0 saturated carbocycles. The minimum Gasteiger partial charge on any atom is -0.488 e. The van der Waals surface area contributed by atoms with Crippen LogP contribution in [-0.2, 0) is 11.4 Å². The summed E-state index contributed by atoms with van der Waals surface area (Å²) in [6, 6.07) is 23.6. The fourth-order valence-corrected chi connectivity index (χ4v) is 3.91. The van der Waals surface area contributed by atoms with Gasteiger partial charge in [0.2, 0.25) is 11.7 Å². The number of aromatic nitrogens is 2. The van der Waals surface area contributed by atoms with E-state index in [4.69, 9.17) is 4.74 Å². The second-order valence-corrected chi connectivity index (χ2v) is 7.63. The van der Waals surface area contributed by atoms with Crippen LogP contribution in [0.5, 0.6) is 5.75 Å². The van der Waals surface area contributed by atoms with Crippen molar-refractivity contribution in [2.75, 3.05) is 5.32 Å². The standard InChI is InChI=1S/C26H17FN4O3/c27-16-7-6-8-17(13-16)29-26(33)20(14-28)25(32)23-21-15-34-22-12-5-4-11-19(22)24(21)31(30-23)18-9-2-1-3-10-18/h1-13,20H,15H2,(H,29,33). The summed E-state index contributed by atoms with van der Waals surface area (Å²) in [5, 5.41) is 16.6. The molecule has 1 amide bonds. The molecule has 1 unspecified atom stereocenters. The summed E-state index contributed by atoms with van der Waals surface area (Å²) in [5.41, 5.74) is 2.75. The zero-order valence-electron chi connectivity index (χ0n) is 17.7. The molecule has 5 rings (SSSR count). The molecule has 1 N–H and O–H groups in total. The summed E-state index contributed by atoms with van der Waals surface area (Å²) in [6.45, 7) is 0.0594. The molecule has 34 heavy (non-hydrogen) atoms. The number of hydrogen-bond donors (Lipinski definition) is 1. The molecular weight excluding hydrogens is 435 g/mol. The number of amides is 1. The molecule has 1 aliphatic rings. The Labute approximate surface area is 194 Å². The van der Waals surface area contributed by atoms with Crippen molar-refractivity contribution >= 4 is 17.4 Å². The van der Waals surface area contributed by atoms with Gasteiger partial charge in [-0.05, 0) is 42.5 Å². The average molecular weight is 452 g/mol. The minimum absolute atomic E-state index is 0.0192. The SMILES string of the molecule is N#CC(C(=O)Nc1cccc(F)c1)C(=O)c1nn(-c2ccccc2)c2c1COc1ccccc1-2. The van der Waals surface area contributed by atoms with E-state index in [-0.39, 0.29) is 18.0 Å². The Morgan fingerprint density at radius 1 is 1.06 bits per heavy atom. The van der Waals surface area contributed by atoms with E-state index in [9.17, 15) is 19.2 Å². The zero-order chi connectivity index (χ0) is 23.7. The fraction of sp³-hybridized carbons (Fsp3) is 0.0769. The van der Waals surface area contributed by atoms with Crippen LogP contribution in [0.4, 0.5) is 10.1 Å². The maximum Gasteiger partial charge on any atom is 0.249 e. The number of ether oxygens (including phenoxy) is 1. The number of ketones is 1. The Kier molecular flexibility index (Phi) is 5.36. The van der Waals surface area contributed by atoms with Crippen molar-refractivity contribution in [2.45, 2.75) is 6.61 Å². The van der Waals surface area contributed by atoms with Crippen molar-refractivity contribution in [2.24, 2.45) is 5.92 Å². The molecule has 0 aliphatic carbocycles. The van der Waals surface area contributed by atoms with Crippen LogP contribution in [0.25, 0.3) is 16.9 Å². The van der Waals surface area contributed by atoms with Crippen LogP contribution in [0.15, 0.2) is 78.9 Å². The second-order valence-electron chi connectivity index (χ2n) is 7.63. The molecule has 8 heteroatoms. The van der Waals surface area contributed by atoms with E-state index in [1.807, 2.05) is 54.6 Å². The Morgan fingerprint density at radius 3 is 2.59 bits per heavy atom. The first-order valence-corrected chi connectivity index (χ1v) is 10.5. The number of para-hydroxylation sites is 2. The average Bonchev–Trinajstić information content (AvgIpc) is 3.25. The predicted octanol–water partition coefficient (Wildman–Crippen LogP) is 4.53. The number of benzene rings is 3. The molecule has 2 heterocycles. The van der Waals surface area contributed by atoms with E-state index in [1.165, 1.54) is 18.2 Å². The third kappa shape index (κ3) is 3.69. The maximum absolute atomic E-state index is 13.5. The van der Waals surface area contributed by atoms with Crippen LogP contribution >= 0.6 is 0 Å². The van der Waals surface area contributed by atoms with Crippen molar-refractivity contribution in [3.63, 3.8) is 0 Å². The summed E-state index contributed by atoms with van der Waals surface area (Å²) in [6.07, 6.45) is 0. The first-order chi connectivity index (χ1) is 16.6. The molecule has 3 aromatic carbocycles. The van der Waals surface area contributed by atoms with E-state index in [2.05, 4.69) is 10.4 Å². The fourth-order valence-electron chi connectivity index (χ4n) is 3.91. The van der Waals surface area contributed by atoms with Gasteiger partial charge in [0.15, 0.2) is 5.92 Å². The van der Waals surface area contributed by atoms with Gasteiger partial charge in [-0.25, -0.2) is 9.07 Å². The number of nitrogens with one attached hydrogen (secondary N) is 1. The van der Waals surface area contributed by atoms with Gasteiger partial charge >= 0.3 is 0 Å². The monoisotopic (exact) mass is 452 g/mol. The lowest BCUT2D eigenvalue weighted by atomic mass is 9.96. The van der Waals surface area contributed by atoms with Crippen molar-refractivity contribution in [3.05, 3.63) is 95.9 Å². The molecule has 4 aromatic rings. The molecule has 1 aliphatic heterocycles. The quantitative estimate of drug-likeness (QED) is 0.354. The van der Waals surface area contributed by atoms with Crippen molar-refractivity contribution in [3.8, 4) is 28.8 Å². The highest BCUT2D eigenvalue weighted by atomic mass is 19.1. The largest absolute Gasteiger partial charge is 0.488 e. The molecule has 0 bridgehead atoms. The summed E-state index contributed by atoms with van der Waals surface area (Å²) < 4.78 is 21.0. The second kappa shape index (κ2) is 8.64. The van der Waals surface area contributed by atoms with Gasteiger partial charge in [0, 0.05) is 16.8 Å². The Balaban J connectivity index is 1.57. The van der Waals surface area contributed by atoms with Crippen molar-refractivity contribution < 1.29 is 18.7 Å². The molecule has 0 radical (unpaired) electrons. The van der Waals surface area contributed by atoms with Gasteiger partial charge < -0.3 is 10.1 Å². The lowest BCUT2D eigenvalue weighted by molar-refractivity contribution is -0.117. The Morgan fingerprint density at radius 2 is 1.82 bits per heavy atom. The third-order valence-corrected chi connectivity index (χ3v) is 5.48. The zero-order valence-corrected chi connectivity index (χ0v) is 17.7. The summed E-state index contributed by atoms with van der Waals surface area (Å²) in [4.78, 5) is 26.2. The van der Waals surface area contributed by atoms with Gasteiger partial charge in [0.05, 0.1) is 17.5 Å². The lowest BCUT2D eigenvalue weighted by Gasteiger charge is -2.19. The van der Waals surface area contributed by atoms with Gasteiger partial charge in [-0.1, -0.05) is 36.4 Å². The molecule has 0 saturated heterocycles. The van der Waals surface area contributed by atoms with Gasteiger partial charge in [0.25, 0.3) is 0 Å². The van der Waals surface area contributed by atoms with Crippen molar-refractivity contribution in [1.29, 1.82) is 5.26 Å². The predicted molar refractivity (Wildman–Crippen MR) is 122 cm³/mol. The Hall–Kier alpha value is -4.77. The third-order valence-electron chi connectivity index (χ3n) is 5.48. The van der Waals surface area contributed by atoms with Gasteiger partial charge in [0.1, 0.15) is 23.9 Å². The lowest BCUT2D eigenvalue weighted by Crippen LogP contribution is -2.29. The topological polar surface area (TPSA) is 97.0 Å². The summed E-state index contributed by atoms with van der Waals surface area (Å²) >= 11 is 0. The van der Waals surface area contributed by atoms with Gasteiger partial charge in [-0.15, -0.1) is 0 Å². The number of nitriles is 1. The molecule has 0 fully saturated rings. The van der Waals surface area contributed by atoms with Crippen LogP contribution in [0, 0.1) is 23.1 Å². The van der Waals surface area contributed by atoms with Crippen LogP contribution in [0.3, 0.4) is 0 Å². The number of anilines is 1. The first-order valence-electron chi connectivity index (χ1n) is 10.5. The number of Topliss-reactive ketones (excluding diaryl/α,β-unsaturated/α-hetero) is 1. The van der Waals surface area contributed by atoms with Crippen LogP contribution < -0.4 is 10.1 Å². The highest BCUT2D eigenvalue weighted by molar-refractivity contribution is 6.15. The molecule has 1 atom stereocenters. The van der Waals surface area contributed by atoms with E-state index in [0.29, 0.717) is 22.7 Å². The number of halogens is 1. The van der Waals surface area contributed by atoms with E-state index in [0.717, 1.165) is 11.6 Å². The van der Waals surface area contributed by atoms with E-state index < -0.39 is 23.4 Å². The normalized spacial score (nSPS) is 12.5. The number of nitrogens with zero attached hydrogens (tertiary/aromatic N) is 3. The Bertz CT molecular complexity index is 1460. The highest BCUT2D eigenvalue weighted by Crippen LogP contribution is 2.40. The summed E-state index contributed by atoms with van der Waals surface area (Å²) in [5.74, 6) is -3.21. The molecule has 7 nitrogen and oxygen atoms in total. The highest BCUT2D eigenvalue weighted by Gasteiger charge is 2.36. The minimum atomic E-state index is -1.68. The number of hydrogen-bond acceptors (Lipinski definition) is 5. The molecule has 1 aromatic heterocycles.